The number of carbonyl (C=O) groups excluding carboxylic acids is 1. The second-order valence-electron chi connectivity index (χ2n) is 7.01. The number of halogens is 1. The van der Waals surface area contributed by atoms with E-state index >= 15 is 0 Å². The zero-order valence-electron chi connectivity index (χ0n) is 17.7. The third kappa shape index (κ3) is 8.74. The molecule has 0 radical (unpaired) electrons. The smallest absolute Gasteiger partial charge is 0.251 e. The zero-order chi connectivity index (χ0) is 20.4. The highest BCUT2D eigenvalue weighted by atomic mass is 127. The van der Waals surface area contributed by atoms with Gasteiger partial charge in [-0.1, -0.05) is 26.0 Å². The lowest BCUT2D eigenvalue weighted by atomic mass is 10.1. The molecule has 160 valence electrons. The van der Waals surface area contributed by atoms with Gasteiger partial charge in [0.15, 0.2) is 5.96 Å². The van der Waals surface area contributed by atoms with Gasteiger partial charge in [-0.25, -0.2) is 4.99 Å². The van der Waals surface area contributed by atoms with Gasteiger partial charge in [0.2, 0.25) is 0 Å². The maximum Gasteiger partial charge on any atom is 0.251 e. The van der Waals surface area contributed by atoms with Gasteiger partial charge >= 0.3 is 0 Å². The van der Waals surface area contributed by atoms with Gasteiger partial charge in [0.1, 0.15) is 0 Å². The summed E-state index contributed by atoms with van der Waals surface area (Å²) < 4.78 is 0. The first kappa shape index (κ1) is 25.4. The van der Waals surface area contributed by atoms with Crippen LogP contribution < -0.4 is 16.0 Å². The van der Waals surface area contributed by atoms with E-state index in [9.17, 15) is 4.79 Å². The molecule has 1 amide bonds. The van der Waals surface area contributed by atoms with Crippen molar-refractivity contribution in [3.05, 3.63) is 57.8 Å². The van der Waals surface area contributed by atoms with Crippen molar-refractivity contribution >= 4 is 47.2 Å². The first-order chi connectivity index (χ1) is 13.5. The molecule has 0 fully saturated rings. The first-order valence-electron chi connectivity index (χ1n) is 9.97. The molecule has 2 rings (SSSR count). The normalized spacial score (nSPS) is 13.2. The number of nitrogens with one attached hydrogen (secondary N) is 3. The topological polar surface area (TPSA) is 65.5 Å². The second-order valence-corrected chi connectivity index (χ2v) is 7.79. The molecule has 0 bridgehead atoms. The van der Waals surface area contributed by atoms with Gasteiger partial charge in [-0.3, -0.25) is 4.79 Å². The Kier molecular flexibility index (Phi) is 11.9. The Bertz CT molecular complexity index is 747. The van der Waals surface area contributed by atoms with Crippen molar-refractivity contribution in [1.82, 2.24) is 16.0 Å². The van der Waals surface area contributed by atoms with E-state index < -0.39 is 0 Å². The second kappa shape index (κ2) is 13.6. The first-order valence-corrected chi connectivity index (χ1v) is 10.9. The standard InChI is InChI=1S/C22H32N4OS.HI/c1-5-17(4)26-21(27)19-9-7-18(8-10-19)14-25-22(23-6-2)24-13-16(3)20-11-12-28-15-20;/h7-12,15-17H,5-6,13-14H2,1-4H3,(H,26,27)(H2,23,24,25);1H. The van der Waals surface area contributed by atoms with E-state index in [2.05, 4.69) is 58.5 Å². The molecule has 1 aromatic heterocycles. The molecule has 3 N–H and O–H groups in total. The number of aliphatic imine (C=N–C) groups is 1. The molecule has 2 atom stereocenters. The minimum atomic E-state index is -0.0261. The van der Waals surface area contributed by atoms with Gasteiger partial charge in [0.05, 0.1) is 6.54 Å². The number of hydrogen-bond acceptors (Lipinski definition) is 3. The Morgan fingerprint density at radius 2 is 1.83 bits per heavy atom. The molecule has 2 unspecified atom stereocenters. The summed E-state index contributed by atoms with van der Waals surface area (Å²) in [5, 5.41) is 14.0. The van der Waals surface area contributed by atoms with Crippen LogP contribution in [0, 0.1) is 0 Å². The molecule has 0 aliphatic heterocycles. The lowest BCUT2D eigenvalue weighted by molar-refractivity contribution is 0.0939. The van der Waals surface area contributed by atoms with Gasteiger partial charge < -0.3 is 16.0 Å². The van der Waals surface area contributed by atoms with Gasteiger partial charge in [-0.15, -0.1) is 24.0 Å². The van der Waals surface area contributed by atoms with Crippen LogP contribution in [-0.2, 0) is 6.54 Å². The average Bonchev–Trinajstić information content (AvgIpc) is 3.25. The van der Waals surface area contributed by atoms with E-state index in [-0.39, 0.29) is 35.9 Å². The third-order valence-electron chi connectivity index (χ3n) is 4.66. The highest BCUT2D eigenvalue weighted by molar-refractivity contribution is 14.0. The predicted octanol–water partition coefficient (Wildman–Crippen LogP) is 4.75. The lowest BCUT2D eigenvalue weighted by Gasteiger charge is -2.15. The summed E-state index contributed by atoms with van der Waals surface area (Å²) >= 11 is 1.73. The van der Waals surface area contributed by atoms with E-state index in [0.29, 0.717) is 18.0 Å². The van der Waals surface area contributed by atoms with Crippen LogP contribution in [0.2, 0.25) is 0 Å². The molecule has 1 aromatic carbocycles. The average molecular weight is 529 g/mol. The Balaban J connectivity index is 0.00000420. The van der Waals surface area contributed by atoms with Gasteiger partial charge in [0, 0.05) is 24.7 Å². The minimum Gasteiger partial charge on any atom is -0.357 e. The summed E-state index contributed by atoms with van der Waals surface area (Å²) in [5.74, 6) is 1.21. The number of guanidine groups is 1. The van der Waals surface area contributed by atoms with Gasteiger partial charge in [-0.05, 0) is 66.3 Å². The number of hydrogen-bond donors (Lipinski definition) is 3. The molecule has 29 heavy (non-hydrogen) atoms. The molecule has 0 spiro atoms. The van der Waals surface area contributed by atoms with Crippen LogP contribution in [-0.4, -0.2) is 31.0 Å². The van der Waals surface area contributed by atoms with Gasteiger partial charge in [0.25, 0.3) is 5.91 Å². The maximum atomic E-state index is 12.2. The number of amides is 1. The number of nitrogens with zero attached hydrogens (tertiary/aromatic N) is 1. The van der Waals surface area contributed by atoms with Crippen molar-refractivity contribution in [3.8, 4) is 0 Å². The fourth-order valence-corrected chi connectivity index (χ4v) is 3.39. The predicted molar refractivity (Wildman–Crippen MR) is 135 cm³/mol. The number of carbonyl (C=O) groups is 1. The molecule has 0 saturated heterocycles. The van der Waals surface area contributed by atoms with Crippen LogP contribution in [0.3, 0.4) is 0 Å². The quantitative estimate of drug-likeness (QED) is 0.250. The molecular formula is C22H33IN4OS. The van der Waals surface area contributed by atoms with E-state index in [4.69, 9.17) is 0 Å². The van der Waals surface area contributed by atoms with Crippen LogP contribution in [0.15, 0.2) is 46.1 Å². The Morgan fingerprint density at radius 3 is 2.41 bits per heavy atom. The van der Waals surface area contributed by atoms with Crippen LogP contribution in [0.25, 0.3) is 0 Å². The fraction of sp³-hybridized carbons (Fsp3) is 0.455. The third-order valence-corrected chi connectivity index (χ3v) is 5.36. The molecule has 0 aliphatic carbocycles. The van der Waals surface area contributed by atoms with Gasteiger partial charge in [-0.2, -0.15) is 11.3 Å². The molecule has 0 saturated carbocycles. The van der Waals surface area contributed by atoms with Crippen LogP contribution >= 0.6 is 35.3 Å². The lowest BCUT2D eigenvalue weighted by Crippen LogP contribution is -2.39. The number of thiophene rings is 1. The van der Waals surface area contributed by atoms with Crippen LogP contribution in [0.5, 0.6) is 0 Å². The van der Waals surface area contributed by atoms with Crippen LogP contribution in [0.1, 0.15) is 61.5 Å². The van der Waals surface area contributed by atoms with Crippen molar-refractivity contribution in [2.75, 3.05) is 13.1 Å². The molecular weight excluding hydrogens is 495 g/mol. The summed E-state index contributed by atoms with van der Waals surface area (Å²) in [6, 6.07) is 10.0. The highest BCUT2D eigenvalue weighted by Gasteiger charge is 2.09. The maximum absolute atomic E-state index is 12.2. The van der Waals surface area contributed by atoms with E-state index in [1.54, 1.807) is 11.3 Å². The SMILES string of the molecule is CCNC(=NCc1ccc(C(=O)NC(C)CC)cc1)NCC(C)c1ccsc1.I. The number of rotatable bonds is 9. The summed E-state index contributed by atoms with van der Waals surface area (Å²) in [6.07, 6.45) is 0.920. The van der Waals surface area contributed by atoms with Crippen LogP contribution in [0.4, 0.5) is 0 Å². The highest BCUT2D eigenvalue weighted by Crippen LogP contribution is 2.17. The Hall–Kier alpha value is -1.61. The summed E-state index contributed by atoms with van der Waals surface area (Å²) in [6.45, 7) is 10.5. The number of benzene rings is 1. The largest absolute Gasteiger partial charge is 0.357 e. The molecule has 7 heteroatoms. The van der Waals surface area contributed by atoms with Crippen molar-refractivity contribution < 1.29 is 4.79 Å². The van der Waals surface area contributed by atoms with E-state index in [1.807, 2.05) is 31.2 Å². The van der Waals surface area contributed by atoms with Crippen molar-refractivity contribution in [1.29, 1.82) is 0 Å². The minimum absolute atomic E-state index is 0. The summed E-state index contributed by atoms with van der Waals surface area (Å²) in [5.41, 5.74) is 3.10. The van der Waals surface area contributed by atoms with E-state index in [1.165, 1.54) is 5.56 Å². The summed E-state index contributed by atoms with van der Waals surface area (Å²) in [7, 11) is 0. The van der Waals surface area contributed by atoms with Crippen molar-refractivity contribution in [3.63, 3.8) is 0 Å². The Labute approximate surface area is 195 Å². The monoisotopic (exact) mass is 528 g/mol. The molecule has 2 aromatic rings. The van der Waals surface area contributed by atoms with Crippen molar-refractivity contribution in [2.45, 2.75) is 52.6 Å². The zero-order valence-corrected chi connectivity index (χ0v) is 20.8. The Morgan fingerprint density at radius 1 is 1.10 bits per heavy atom. The molecule has 5 nitrogen and oxygen atoms in total. The fourth-order valence-electron chi connectivity index (χ4n) is 2.61. The van der Waals surface area contributed by atoms with Crippen molar-refractivity contribution in [2.24, 2.45) is 4.99 Å². The molecule has 0 aliphatic rings. The molecule has 1 heterocycles. The summed E-state index contributed by atoms with van der Waals surface area (Å²) in [4.78, 5) is 16.8. The van der Waals surface area contributed by atoms with E-state index in [0.717, 1.165) is 31.0 Å².